The molecule has 3 aromatic rings. The van der Waals surface area contributed by atoms with Gasteiger partial charge in [0.25, 0.3) is 0 Å². The summed E-state index contributed by atoms with van der Waals surface area (Å²) in [7, 11) is 0. The topological polar surface area (TPSA) is 57.0 Å². The van der Waals surface area contributed by atoms with Gasteiger partial charge >= 0.3 is 5.97 Å². The molecule has 0 N–H and O–H groups in total. The van der Waals surface area contributed by atoms with Gasteiger partial charge in [0.05, 0.1) is 23.3 Å². The molecule has 0 spiro atoms. The molecule has 0 saturated heterocycles. The molecule has 2 aromatic carbocycles. The van der Waals surface area contributed by atoms with Gasteiger partial charge in [-0.3, -0.25) is 9.36 Å². The zero-order valence-electron chi connectivity index (χ0n) is 14.2. The van der Waals surface area contributed by atoms with Crippen LogP contribution in [-0.2, 0) is 9.53 Å². The second kappa shape index (κ2) is 7.55. The predicted molar refractivity (Wildman–Crippen MR) is 103 cm³/mol. The second-order valence-corrected chi connectivity index (χ2v) is 7.74. The summed E-state index contributed by atoms with van der Waals surface area (Å²) in [6.45, 7) is 2.19. The molecule has 0 aliphatic carbocycles. The quantitative estimate of drug-likeness (QED) is 0.488. The second-order valence-electron chi connectivity index (χ2n) is 5.65. The number of aromatic nitrogens is 3. The average Bonchev–Trinajstić information content (AvgIpc) is 3.11. The smallest absolute Gasteiger partial charge is 0.316 e. The first kappa shape index (κ1) is 17.2. The van der Waals surface area contributed by atoms with Gasteiger partial charge in [-0.15, -0.1) is 22.0 Å². The van der Waals surface area contributed by atoms with E-state index in [0.717, 1.165) is 11.5 Å². The van der Waals surface area contributed by atoms with Crippen LogP contribution >= 0.6 is 23.5 Å². The predicted octanol–water partition coefficient (Wildman–Crippen LogP) is 4.12. The van der Waals surface area contributed by atoms with Gasteiger partial charge in [-0.1, -0.05) is 54.2 Å². The molecule has 0 fully saturated rings. The Morgan fingerprint density at radius 2 is 1.92 bits per heavy atom. The lowest BCUT2D eigenvalue weighted by Gasteiger charge is -2.25. The van der Waals surface area contributed by atoms with Gasteiger partial charge in [0.2, 0.25) is 0 Å². The highest BCUT2D eigenvalue weighted by Crippen LogP contribution is 2.47. The number of ether oxygens (including phenoxy) is 1. The van der Waals surface area contributed by atoms with Gasteiger partial charge in [-0.25, -0.2) is 0 Å². The van der Waals surface area contributed by atoms with Crippen molar-refractivity contribution in [2.45, 2.75) is 22.2 Å². The molecule has 7 heteroatoms. The zero-order chi connectivity index (χ0) is 17.9. The van der Waals surface area contributed by atoms with E-state index in [1.807, 2.05) is 30.3 Å². The van der Waals surface area contributed by atoms with Crippen molar-refractivity contribution in [3.63, 3.8) is 0 Å². The molecule has 0 bridgehead atoms. The summed E-state index contributed by atoms with van der Waals surface area (Å²) in [5.74, 6) is 0.858. The fourth-order valence-corrected chi connectivity index (χ4v) is 4.86. The lowest BCUT2D eigenvalue weighted by atomic mass is 10.1. The van der Waals surface area contributed by atoms with Gasteiger partial charge in [0.1, 0.15) is 0 Å². The van der Waals surface area contributed by atoms with E-state index in [9.17, 15) is 4.79 Å². The number of nitrogens with zero attached hydrogens (tertiary/aromatic N) is 3. The third-order valence-corrected chi connectivity index (χ3v) is 6.19. The Bertz CT molecular complexity index is 928. The highest BCUT2D eigenvalue weighted by atomic mass is 32.2. The van der Waals surface area contributed by atoms with Crippen LogP contribution in [0.5, 0.6) is 0 Å². The number of para-hydroxylation sites is 1. The van der Waals surface area contributed by atoms with Crippen LogP contribution in [0.2, 0.25) is 0 Å². The molecule has 1 aliphatic rings. The fraction of sp³-hybridized carbons (Fsp3) is 0.211. The van der Waals surface area contributed by atoms with Crippen molar-refractivity contribution in [3.8, 4) is 5.69 Å². The largest absolute Gasteiger partial charge is 0.465 e. The van der Waals surface area contributed by atoms with Crippen LogP contribution in [0.25, 0.3) is 5.69 Å². The van der Waals surface area contributed by atoms with Gasteiger partial charge in [0, 0.05) is 4.90 Å². The van der Waals surface area contributed by atoms with Crippen molar-refractivity contribution in [2.24, 2.45) is 0 Å². The van der Waals surface area contributed by atoms with E-state index in [2.05, 4.69) is 39.0 Å². The molecule has 0 saturated carbocycles. The van der Waals surface area contributed by atoms with Crippen molar-refractivity contribution < 1.29 is 9.53 Å². The number of thioether (sulfide) groups is 2. The number of hydrogen-bond donors (Lipinski definition) is 0. The van der Waals surface area contributed by atoms with Crippen molar-refractivity contribution in [2.75, 3.05) is 12.4 Å². The summed E-state index contributed by atoms with van der Waals surface area (Å²) in [5.41, 5.74) is 2.23. The molecule has 4 rings (SSSR count). The summed E-state index contributed by atoms with van der Waals surface area (Å²) in [4.78, 5) is 12.9. The van der Waals surface area contributed by atoms with Crippen LogP contribution in [0.4, 0.5) is 0 Å². The summed E-state index contributed by atoms with van der Waals surface area (Å²) in [6, 6.07) is 18.5. The molecular formula is C19H17N3O2S2. The van der Waals surface area contributed by atoms with Crippen LogP contribution < -0.4 is 0 Å². The average molecular weight is 383 g/mol. The zero-order valence-corrected chi connectivity index (χ0v) is 15.8. The molecule has 1 aromatic heterocycles. The maximum atomic E-state index is 11.7. The van der Waals surface area contributed by atoms with Crippen LogP contribution in [0.1, 0.15) is 23.6 Å². The number of fused-ring (bicyclic) bond motifs is 3. The Hall–Kier alpha value is -2.25. The van der Waals surface area contributed by atoms with Crippen LogP contribution in [0.15, 0.2) is 64.6 Å². The molecule has 2 heterocycles. The summed E-state index contributed by atoms with van der Waals surface area (Å²) >= 11 is 3.13. The number of carbonyl (C=O) groups excluding carboxylic acids is 1. The highest BCUT2D eigenvalue weighted by Gasteiger charge is 2.31. The minimum absolute atomic E-state index is 0.0653. The summed E-state index contributed by atoms with van der Waals surface area (Å²) in [5, 5.41) is 9.59. The standard InChI is InChI=1S/C19H17N3O2S2/c1-2-24-16(23)12-25-19-21-20-18-17(13-8-4-3-5-9-13)26-15-11-7-6-10-14(15)22(18)19/h3-11,17H,2,12H2,1H3. The Kier molecular flexibility index (Phi) is 4.99. The van der Waals surface area contributed by atoms with Gasteiger partial charge in [-0.05, 0) is 24.6 Å². The minimum Gasteiger partial charge on any atom is -0.465 e. The first-order valence-corrected chi connectivity index (χ1v) is 10.2. The molecular weight excluding hydrogens is 366 g/mol. The Morgan fingerprint density at radius 1 is 1.15 bits per heavy atom. The van der Waals surface area contributed by atoms with E-state index < -0.39 is 0 Å². The number of rotatable bonds is 5. The molecule has 132 valence electrons. The van der Waals surface area contributed by atoms with Crippen molar-refractivity contribution in [3.05, 3.63) is 66.0 Å². The molecule has 1 unspecified atom stereocenters. The maximum absolute atomic E-state index is 11.7. The van der Waals surface area contributed by atoms with E-state index in [0.29, 0.717) is 11.8 Å². The molecule has 1 aliphatic heterocycles. The number of carbonyl (C=O) groups is 1. The van der Waals surface area contributed by atoms with Crippen molar-refractivity contribution in [1.29, 1.82) is 0 Å². The van der Waals surface area contributed by atoms with E-state index in [1.165, 1.54) is 22.2 Å². The molecule has 0 radical (unpaired) electrons. The third kappa shape index (κ3) is 3.24. The number of hydrogen-bond acceptors (Lipinski definition) is 6. The molecule has 0 amide bonds. The lowest BCUT2D eigenvalue weighted by Crippen LogP contribution is -2.14. The molecule has 26 heavy (non-hydrogen) atoms. The SMILES string of the molecule is CCOC(=O)CSc1nnc2n1-c1ccccc1SC2c1ccccc1. The monoisotopic (exact) mass is 383 g/mol. The number of benzene rings is 2. The number of esters is 1. The Labute approximate surface area is 160 Å². The van der Waals surface area contributed by atoms with Crippen LogP contribution in [0, 0.1) is 0 Å². The van der Waals surface area contributed by atoms with Crippen LogP contribution in [0.3, 0.4) is 0 Å². The van der Waals surface area contributed by atoms with Gasteiger partial charge in [-0.2, -0.15) is 0 Å². The van der Waals surface area contributed by atoms with E-state index in [-0.39, 0.29) is 17.0 Å². The minimum atomic E-state index is -0.243. The lowest BCUT2D eigenvalue weighted by molar-refractivity contribution is -0.139. The van der Waals surface area contributed by atoms with Crippen molar-refractivity contribution >= 4 is 29.5 Å². The van der Waals surface area contributed by atoms with Crippen molar-refractivity contribution in [1.82, 2.24) is 14.8 Å². The summed E-state index contributed by atoms with van der Waals surface area (Å²) in [6.07, 6.45) is 0. The highest BCUT2D eigenvalue weighted by molar-refractivity contribution is 8.00. The first-order chi connectivity index (χ1) is 12.8. The summed E-state index contributed by atoms with van der Waals surface area (Å²) < 4.78 is 7.09. The first-order valence-electron chi connectivity index (χ1n) is 8.32. The Balaban J connectivity index is 1.73. The molecule has 1 atom stereocenters. The molecule has 5 nitrogen and oxygen atoms in total. The Morgan fingerprint density at radius 3 is 2.73 bits per heavy atom. The maximum Gasteiger partial charge on any atom is 0.316 e. The third-order valence-electron chi connectivity index (χ3n) is 3.97. The van der Waals surface area contributed by atoms with Crippen LogP contribution in [-0.4, -0.2) is 33.1 Å². The van der Waals surface area contributed by atoms with E-state index in [1.54, 1.807) is 18.7 Å². The fourth-order valence-electron chi connectivity index (χ4n) is 2.86. The van der Waals surface area contributed by atoms with Gasteiger partial charge in [0.15, 0.2) is 11.0 Å². The van der Waals surface area contributed by atoms with E-state index >= 15 is 0 Å². The normalized spacial score (nSPS) is 15.2. The van der Waals surface area contributed by atoms with Gasteiger partial charge < -0.3 is 4.74 Å². The van der Waals surface area contributed by atoms with E-state index in [4.69, 9.17) is 4.74 Å².